The molecule has 1 aliphatic rings. The molecule has 1 aliphatic heterocycles. The lowest BCUT2D eigenvalue weighted by Crippen LogP contribution is -2.49. The predicted molar refractivity (Wildman–Crippen MR) is 73.7 cm³/mol. The van der Waals surface area contributed by atoms with Crippen LogP contribution in [0.3, 0.4) is 0 Å². The number of piperazine rings is 1. The van der Waals surface area contributed by atoms with E-state index in [0.717, 1.165) is 32.0 Å². The Bertz CT molecular complexity index is 354. The standard InChI is InChI=1S/C13H25N5/c1-4-17-5-7-18(8-6-17)13(10-14-3)12-9-15-11(2)16-12/h9,13-14H,4-8,10H2,1-3H3,(H,15,16). The summed E-state index contributed by atoms with van der Waals surface area (Å²) < 4.78 is 0. The summed E-state index contributed by atoms with van der Waals surface area (Å²) in [5.41, 5.74) is 1.23. The molecule has 1 unspecified atom stereocenters. The Hall–Kier alpha value is -0.910. The molecule has 0 radical (unpaired) electrons. The number of hydrogen-bond donors (Lipinski definition) is 2. The minimum absolute atomic E-state index is 0.412. The molecule has 0 saturated carbocycles. The van der Waals surface area contributed by atoms with Gasteiger partial charge in [-0.2, -0.15) is 0 Å². The number of rotatable bonds is 5. The highest BCUT2D eigenvalue weighted by atomic mass is 15.3. The second kappa shape index (κ2) is 6.31. The van der Waals surface area contributed by atoms with Crippen LogP contribution in [-0.2, 0) is 0 Å². The summed E-state index contributed by atoms with van der Waals surface area (Å²) in [5, 5.41) is 3.29. The molecule has 2 N–H and O–H groups in total. The summed E-state index contributed by atoms with van der Waals surface area (Å²) in [4.78, 5) is 12.8. The summed E-state index contributed by atoms with van der Waals surface area (Å²) in [5.74, 6) is 0.998. The van der Waals surface area contributed by atoms with Crippen molar-refractivity contribution in [3.8, 4) is 0 Å². The molecule has 5 nitrogen and oxygen atoms in total. The minimum Gasteiger partial charge on any atom is -0.345 e. The molecular formula is C13H25N5. The Kier molecular flexibility index (Phi) is 4.74. The SMILES string of the molecule is CCN1CCN(C(CNC)c2cnc(C)[nH]2)CC1. The van der Waals surface area contributed by atoms with Crippen LogP contribution in [0, 0.1) is 6.92 Å². The average molecular weight is 251 g/mol. The van der Waals surface area contributed by atoms with Gasteiger partial charge in [-0.05, 0) is 20.5 Å². The molecule has 1 saturated heterocycles. The van der Waals surface area contributed by atoms with E-state index in [9.17, 15) is 0 Å². The first-order valence-electron chi connectivity index (χ1n) is 6.87. The van der Waals surface area contributed by atoms with E-state index in [1.165, 1.54) is 18.8 Å². The molecule has 2 rings (SSSR count). The molecule has 1 aromatic heterocycles. The van der Waals surface area contributed by atoms with E-state index in [-0.39, 0.29) is 0 Å². The van der Waals surface area contributed by atoms with Gasteiger partial charge in [-0.3, -0.25) is 4.90 Å². The van der Waals surface area contributed by atoms with Gasteiger partial charge in [0.2, 0.25) is 0 Å². The molecule has 2 heterocycles. The number of aryl methyl sites for hydroxylation is 1. The molecule has 0 bridgehead atoms. The van der Waals surface area contributed by atoms with Crippen LogP contribution in [-0.4, -0.2) is 66.1 Å². The zero-order chi connectivity index (χ0) is 13.0. The van der Waals surface area contributed by atoms with Crippen molar-refractivity contribution in [3.05, 3.63) is 17.7 Å². The van der Waals surface area contributed by atoms with E-state index in [2.05, 4.69) is 32.0 Å². The first-order valence-corrected chi connectivity index (χ1v) is 6.87. The maximum absolute atomic E-state index is 4.33. The van der Waals surface area contributed by atoms with Crippen LogP contribution in [0.1, 0.15) is 24.5 Å². The third-order valence-corrected chi connectivity index (χ3v) is 3.77. The Labute approximate surface area is 110 Å². The van der Waals surface area contributed by atoms with E-state index < -0.39 is 0 Å². The number of aromatic nitrogens is 2. The molecule has 1 aromatic rings. The largest absolute Gasteiger partial charge is 0.345 e. The Morgan fingerprint density at radius 2 is 2.11 bits per heavy atom. The van der Waals surface area contributed by atoms with Crippen LogP contribution in [0.25, 0.3) is 0 Å². The van der Waals surface area contributed by atoms with E-state index in [1.54, 1.807) is 0 Å². The number of nitrogens with one attached hydrogen (secondary N) is 2. The lowest BCUT2D eigenvalue weighted by molar-refractivity contribution is 0.0975. The van der Waals surface area contributed by atoms with Crippen LogP contribution < -0.4 is 5.32 Å². The number of nitrogens with zero attached hydrogens (tertiary/aromatic N) is 3. The lowest BCUT2D eigenvalue weighted by Gasteiger charge is -2.38. The highest BCUT2D eigenvalue weighted by molar-refractivity contribution is 5.07. The third-order valence-electron chi connectivity index (χ3n) is 3.77. The zero-order valence-corrected chi connectivity index (χ0v) is 11.7. The normalized spacial score (nSPS) is 20.2. The van der Waals surface area contributed by atoms with Gasteiger partial charge >= 0.3 is 0 Å². The van der Waals surface area contributed by atoms with Gasteiger partial charge in [0.1, 0.15) is 5.82 Å². The number of likely N-dealkylation sites (N-methyl/N-ethyl adjacent to an activating group) is 2. The van der Waals surface area contributed by atoms with Crippen LogP contribution >= 0.6 is 0 Å². The summed E-state index contributed by atoms with van der Waals surface area (Å²) in [6, 6.07) is 0.412. The number of H-pyrrole nitrogens is 1. The Balaban J connectivity index is 2.02. The predicted octanol–water partition coefficient (Wildman–Crippen LogP) is 0.616. The van der Waals surface area contributed by atoms with Crippen molar-refractivity contribution in [2.45, 2.75) is 19.9 Å². The molecule has 1 atom stereocenters. The van der Waals surface area contributed by atoms with Crippen molar-refractivity contribution in [3.63, 3.8) is 0 Å². The fourth-order valence-electron chi connectivity index (χ4n) is 2.63. The number of hydrogen-bond acceptors (Lipinski definition) is 4. The van der Waals surface area contributed by atoms with E-state index in [0.29, 0.717) is 6.04 Å². The van der Waals surface area contributed by atoms with Crippen molar-refractivity contribution in [1.82, 2.24) is 25.1 Å². The van der Waals surface area contributed by atoms with Gasteiger partial charge < -0.3 is 15.2 Å². The Morgan fingerprint density at radius 3 is 2.61 bits per heavy atom. The highest BCUT2D eigenvalue weighted by Gasteiger charge is 2.25. The minimum atomic E-state index is 0.412. The van der Waals surface area contributed by atoms with Gasteiger partial charge in [-0.25, -0.2) is 4.98 Å². The van der Waals surface area contributed by atoms with Gasteiger partial charge in [0.15, 0.2) is 0 Å². The smallest absolute Gasteiger partial charge is 0.103 e. The number of imidazole rings is 1. The van der Waals surface area contributed by atoms with Crippen LogP contribution in [0.5, 0.6) is 0 Å². The molecule has 18 heavy (non-hydrogen) atoms. The molecule has 1 fully saturated rings. The maximum atomic E-state index is 4.33. The van der Waals surface area contributed by atoms with E-state index in [1.807, 2.05) is 20.2 Å². The Morgan fingerprint density at radius 1 is 1.39 bits per heavy atom. The average Bonchev–Trinajstić information content (AvgIpc) is 2.82. The van der Waals surface area contributed by atoms with E-state index in [4.69, 9.17) is 0 Å². The fourth-order valence-corrected chi connectivity index (χ4v) is 2.63. The zero-order valence-electron chi connectivity index (χ0n) is 11.7. The van der Waals surface area contributed by atoms with Crippen LogP contribution in [0.2, 0.25) is 0 Å². The summed E-state index contributed by atoms with van der Waals surface area (Å²) in [7, 11) is 2.01. The summed E-state index contributed by atoms with van der Waals surface area (Å²) >= 11 is 0. The molecular weight excluding hydrogens is 226 g/mol. The van der Waals surface area contributed by atoms with Crippen LogP contribution in [0.15, 0.2) is 6.20 Å². The van der Waals surface area contributed by atoms with Crippen molar-refractivity contribution in [1.29, 1.82) is 0 Å². The van der Waals surface area contributed by atoms with E-state index >= 15 is 0 Å². The first-order chi connectivity index (χ1) is 8.74. The third kappa shape index (κ3) is 3.10. The quantitative estimate of drug-likeness (QED) is 0.805. The second-order valence-electron chi connectivity index (χ2n) is 4.97. The highest BCUT2D eigenvalue weighted by Crippen LogP contribution is 2.20. The molecule has 5 heteroatoms. The van der Waals surface area contributed by atoms with Gasteiger partial charge in [0.05, 0.1) is 11.7 Å². The molecule has 0 aliphatic carbocycles. The second-order valence-corrected chi connectivity index (χ2v) is 4.97. The fraction of sp³-hybridized carbons (Fsp3) is 0.769. The van der Waals surface area contributed by atoms with Gasteiger partial charge in [-0.15, -0.1) is 0 Å². The van der Waals surface area contributed by atoms with Crippen molar-refractivity contribution < 1.29 is 0 Å². The van der Waals surface area contributed by atoms with Gasteiger partial charge in [-0.1, -0.05) is 6.92 Å². The van der Waals surface area contributed by atoms with Crippen LogP contribution in [0.4, 0.5) is 0 Å². The topological polar surface area (TPSA) is 47.2 Å². The van der Waals surface area contributed by atoms with Crippen molar-refractivity contribution in [2.75, 3.05) is 46.3 Å². The summed E-state index contributed by atoms with van der Waals surface area (Å²) in [6.45, 7) is 11.0. The number of aromatic amines is 1. The monoisotopic (exact) mass is 251 g/mol. The lowest BCUT2D eigenvalue weighted by atomic mass is 10.1. The molecule has 0 spiro atoms. The molecule has 0 aromatic carbocycles. The molecule has 102 valence electrons. The maximum Gasteiger partial charge on any atom is 0.103 e. The van der Waals surface area contributed by atoms with Crippen molar-refractivity contribution >= 4 is 0 Å². The van der Waals surface area contributed by atoms with Crippen molar-refractivity contribution in [2.24, 2.45) is 0 Å². The first kappa shape index (κ1) is 13.5. The summed E-state index contributed by atoms with van der Waals surface area (Å²) in [6.07, 6.45) is 1.98. The van der Waals surface area contributed by atoms with Gasteiger partial charge in [0.25, 0.3) is 0 Å². The molecule has 0 amide bonds. The van der Waals surface area contributed by atoms with Gasteiger partial charge in [0, 0.05) is 38.9 Å².